The normalized spacial score (nSPS) is 10.4. The maximum atomic E-state index is 11.6. The largest absolute Gasteiger partial charge is 0.494 e. The van der Waals surface area contributed by atoms with Gasteiger partial charge in [0.1, 0.15) is 10.6 Å². The van der Waals surface area contributed by atoms with Gasteiger partial charge in [-0.25, -0.2) is 5.48 Å². The summed E-state index contributed by atoms with van der Waals surface area (Å²) in [5, 5.41) is 14.0. The highest BCUT2D eigenvalue weighted by atomic mass is 32.2. The average Bonchev–Trinajstić information content (AvgIpc) is 3.14. The third kappa shape index (κ3) is 5.82. The lowest BCUT2D eigenvalue weighted by atomic mass is 10.2. The number of thiophene rings is 1. The zero-order chi connectivity index (χ0) is 18.8. The van der Waals surface area contributed by atoms with Crippen molar-refractivity contribution in [2.75, 3.05) is 23.7 Å². The Kier molecular flexibility index (Phi) is 8.60. The fraction of sp³-hybridized carbons (Fsp3) is 0.389. The van der Waals surface area contributed by atoms with Crippen molar-refractivity contribution in [1.29, 1.82) is 0 Å². The topological polar surface area (TPSA) is 82.6 Å². The first-order valence-electron chi connectivity index (χ1n) is 8.56. The molecule has 0 aliphatic rings. The second-order valence-corrected chi connectivity index (χ2v) is 7.43. The Labute approximate surface area is 162 Å². The SMILES string of the molecule is CCCCCCNc1ccc(NSc2ccsc2C(=O)NO)c(OC)c1. The molecule has 0 atom stereocenters. The highest BCUT2D eigenvalue weighted by Crippen LogP contribution is 2.34. The van der Waals surface area contributed by atoms with E-state index in [0.29, 0.717) is 4.88 Å². The van der Waals surface area contributed by atoms with Gasteiger partial charge in [0.15, 0.2) is 0 Å². The molecular weight excluding hydrogens is 370 g/mol. The van der Waals surface area contributed by atoms with Gasteiger partial charge in [0, 0.05) is 18.3 Å². The Morgan fingerprint density at radius 3 is 2.85 bits per heavy atom. The van der Waals surface area contributed by atoms with Crippen LogP contribution in [0.2, 0.25) is 0 Å². The van der Waals surface area contributed by atoms with E-state index in [9.17, 15) is 4.79 Å². The molecule has 142 valence electrons. The molecule has 0 saturated carbocycles. The molecule has 8 heteroatoms. The molecule has 0 radical (unpaired) electrons. The molecule has 2 aromatic rings. The van der Waals surface area contributed by atoms with Gasteiger partial charge in [-0.05, 0) is 41.9 Å². The van der Waals surface area contributed by atoms with Gasteiger partial charge in [-0.15, -0.1) is 11.3 Å². The Morgan fingerprint density at radius 1 is 1.27 bits per heavy atom. The van der Waals surface area contributed by atoms with Crippen molar-refractivity contribution < 1.29 is 14.7 Å². The van der Waals surface area contributed by atoms with Crippen LogP contribution in [0.5, 0.6) is 5.75 Å². The molecular formula is C18H25N3O3S2. The number of unbranched alkanes of at least 4 members (excludes halogenated alkanes) is 3. The molecule has 1 amide bonds. The van der Waals surface area contributed by atoms with Crippen LogP contribution in [0.15, 0.2) is 34.5 Å². The third-order valence-corrected chi connectivity index (χ3v) is 5.69. The van der Waals surface area contributed by atoms with Gasteiger partial charge in [0.2, 0.25) is 0 Å². The number of nitrogens with one attached hydrogen (secondary N) is 3. The molecule has 0 aliphatic heterocycles. The van der Waals surface area contributed by atoms with Gasteiger partial charge in [0.25, 0.3) is 5.91 Å². The number of amides is 1. The smallest absolute Gasteiger partial charge is 0.285 e. The van der Waals surface area contributed by atoms with E-state index < -0.39 is 5.91 Å². The van der Waals surface area contributed by atoms with E-state index >= 15 is 0 Å². The van der Waals surface area contributed by atoms with Crippen molar-refractivity contribution >= 4 is 40.6 Å². The van der Waals surface area contributed by atoms with Gasteiger partial charge in [-0.1, -0.05) is 26.2 Å². The summed E-state index contributed by atoms with van der Waals surface area (Å²) in [6, 6.07) is 7.72. The summed E-state index contributed by atoms with van der Waals surface area (Å²) in [7, 11) is 1.63. The van der Waals surface area contributed by atoms with E-state index in [4.69, 9.17) is 9.94 Å². The summed E-state index contributed by atoms with van der Waals surface area (Å²) in [6.45, 7) is 3.15. The van der Waals surface area contributed by atoms with Gasteiger partial charge >= 0.3 is 0 Å². The summed E-state index contributed by atoms with van der Waals surface area (Å²) in [6.07, 6.45) is 4.89. The second kappa shape index (κ2) is 10.9. The van der Waals surface area contributed by atoms with Crippen LogP contribution >= 0.6 is 23.3 Å². The molecule has 2 rings (SSSR count). The fourth-order valence-corrected chi connectivity index (χ4v) is 4.12. The molecule has 1 aromatic carbocycles. The number of rotatable bonds is 11. The van der Waals surface area contributed by atoms with E-state index in [1.807, 2.05) is 24.3 Å². The van der Waals surface area contributed by atoms with Crippen LogP contribution in [-0.2, 0) is 0 Å². The molecule has 0 aliphatic carbocycles. The lowest BCUT2D eigenvalue weighted by Gasteiger charge is -2.13. The molecule has 0 fully saturated rings. The molecule has 0 spiro atoms. The molecule has 1 aromatic heterocycles. The van der Waals surface area contributed by atoms with Gasteiger partial charge < -0.3 is 14.8 Å². The minimum atomic E-state index is -0.515. The summed E-state index contributed by atoms with van der Waals surface area (Å²) in [5.74, 6) is 0.207. The number of hydrogen-bond acceptors (Lipinski definition) is 7. The van der Waals surface area contributed by atoms with Gasteiger partial charge in [-0.2, -0.15) is 0 Å². The number of hydrogen-bond donors (Lipinski definition) is 4. The number of carbonyl (C=O) groups is 1. The number of methoxy groups -OCH3 is 1. The van der Waals surface area contributed by atoms with E-state index in [1.54, 1.807) is 18.0 Å². The first kappa shape index (κ1) is 20.4. The monoisotopic (exact) mass is 395 g/mol. The van der Waals surface area contributed by atoms with Crippen molar-refractivity contribution in [2.45, 2.75) is 37.5 Å². The Morgan fingerprint density at radius 2 is 2.12 bits per heavy atom. The van der Waals surface area contributed by atoms with E-state index in [2.05, 4.69) is 17.0 Å². The lowest BCUT2D eigenvalue weighted by Crippen LogP contribution is -2.17. The van der Waals surface area contributed by atoms with Crippen LogP contribution in [-0.4, -0.2) is 24.8 Å². The van der Waals surface area contributed by atoms with Crippen molar-refractivity contribution in [3.8, 4) is 5.75 Å². The highest BCUT2D eigenvalue weighted by molar-refractivity contribution is 8.00. The van der Waals surface area contributed by atoms with E-state index in [0.717, 1.165) is 35.0 Å². The number of carbonyl (C=O) groups excluding carboxylic acids is 1. The van der Waals surface area contributed by atoms with Crippen LogP contribution in [0.25, 0.3) is 0 Å². The quantitative estimate of drug-likeness (QED) is 0.186. The summed E-state index contributed by atoms with van der Waals surface area (Å²) in [5.41, 5.74) is 3.50. The van der Waals surface area contributed by atoms with Crippen LogP contribution in [0.4, 0.5) is 11.4 Å². The second-order valence-electron chi connectivity index (χ2n) is 5.66. The first-order valence-corrected chi connectivity index (χ1v) is 10.3. The predicted octanol–water partition coefficient (Wildman–Crippen LogP) is 4.99. The Balaban J connectivity index is 1.95. The van der Waals surface area contributed by atoms with Crippen LogP contribution in [0, 0.1) is 0 Å². The summed E-state index contributed by atoms with van der Waals surface area (Å²) >= 11 is 2.57. The number of ether oxygens (including phenoxy) is 1. The minimum Gasteiger partial charge on any atom is -0.494 e. The lowest BCUT2D eigenvalue weighted by molar-refractivity contribution is 0.0708. The van der Waals surface area contributed by atoms with Crippen LogP contribution < -0.4 is 20.3 Å². The summed E-state index contributed by atoms with van der Waals surface area (Å²) in [4.78, 5) is 12.8. The number of anilines is 2. The molecule has 6 nitrogen and oxygen atoms in total. The van der Waals surface area contributed by atoms with Crippen molar-refractivity contribution in [3.63, 3.8) is 0 Å². The number of benzene rings is 1. The minimum absolute atomic E-state index is 0.453. The molecule has 0 unspecified atom stereocenters. The Bertz CT molecular complexity index is 707. The van der Waals surface area contributed by atoms with E-state index in [1.165, 1.54) is 42.5 Å². The fourth-order valence-electron chi connectivity index (χ4n) is 2.37. The molecule has 1 heterocycles. The van der Waals surface area contributed by atoms with Crippen molar-refractivity contribution in [3.05, 3.63) is 34.5 Å². The van der Waals surface area contributed by atoms with Crippen molar-refractivity contribution in [1.82, 2.24) is 5.48 Å². The zero-order valence-corrected chi connectivity index (χ0v) is 16.6. The van der Waals surface area contributed by atoms with Crippen LogP contribution in [0.1, 0.15) is 42.3 Å². The molecule has 26 heavy (non-hydrogen) atoms. The molecule has 0 bridgehead atoms. The molecule has 4 N–H and O–H groups in total. The maximum absolute atomic E-state index is 11.6. The third-order valence-electron chi connectivity index (χ3n) is 3.77. The maximum Gasteiger partial charge on any atom is 0.285 e. The van der Waals surface area contributed by atoms with Crippen molar-refractivity contribution in [2.24, 2.45) is 0 Å². The van der Waals surface area contributed by atoms with Gasteiger partial charge in [-0.3, -0.25) is 10.0 Å². The Hall–Kier alpha value is -1.90. The highest BCUT2D eigenvalue weighted by Gasteiger charge is 2.14. The first-order chi connectivity index (χ1) is 12.7. The summed E-state index contributed by atoms with van der Waals surface area (Å²) < 4.78 is 8.67. The predicted molar refractivity (Wildman–Crippen MR) is 109 cm³/mol. The standard InChI is InChI=1S/C18H25N3O3S2/c1-3-4-5-6-10-19-13-7-8-14(15(12-13)24-2)21-26-16-9-11-25-17(16)18(22)20-23/h7-9,11-12,19,21,23H,3-6,10H2,1-2H3,(H,20,22). The zero-order valence-electron chi connectivity index (χ0n) is 15.0. The van der Waals surface area contributed by atoms with Crippen LogP contribution in [0.3, 0.4) is 0 Å². The number of hydroxylamine groups is 1. The molecule has 0 saturated heterocycles. The average molecular weight is 396 g/mol. The van der Waals surface area contributed by atoms with E-state index in [-0.39, 0.29) is 0 Å². The van der Waals surface area contributed by atoms with Gasteiger partial charge in [0.05, 0.1) is 17.7 Å².